The molecule has 4 nitrogen and oxygen atoms in total. The van der Waals surface area contributed by atoms with Crippen LogP contribution in [0.5, 0.6) is 0 Å². The summed E-state index contributed by atoms with van der Waals surface area (Å²) < 4.78 is 0. The minimum Gasteiger partial charge on any atom is -0.392 e. The maximum absolute atomic E-state index is 9.98. The zero-order valence-electron chi connectivity index (χ0n) is 12.6. The zero-order valence-corrected chi connectivity index (χ0v) is 12.6. The van der Waals surface area contributed by atoms with Gasteiger partial charge in [-0.25, -0.2) is 0 Å². The number of β-amino-alcohol motifs (C(OH)–C–C–N with tert-alkyl or cyclic N) is 1. The van der Waals surface area contributed by atoms with E-state index in [-0.39, 0.29) is 6.10 Å². The van der Waals surface area contributed by atoms with Gasteiger partial charge in [0.2, 0.25) is 0 Å². The highest BCUT2D eigenvalue weighted by atomic mass is 16.3. The molecule has 0 radical (unpaired) electrons. The molecule has 0 spiro atoms. The van der Waals surface area contributed by atoms with E-state index in [1.807, 2.05) is 0 Å². The molecule has 1 aliphatic heterocycles. The third-order valence-electron chi connectivity index (χ3n) is 4.97. The fourth-order valence-electron chi connectivity index (χ4n) is 3.92. The second-order valence-corrected chi connectivity index (χ2v) is 7.00. The van der Waals surface area contributed by atoms with Gasteiger partial charge in [-0.1, -0.05) is 19.3 Å². The van der Waals surface area contributed by atoms with Crippen molar-refractivity contribution in [1.82, 2.24) is 9.80 Å². The van der Waals surface area contributed by atoms with Gasteiger partial charge in [-0.05, 0) is 45.3 Å². The van der Waals surface area contributed by atoms with E-state index in [1.165, 1.54) is 32.1 Å². The van der Waals surface area contributed by atoms with E-state index in [9.17, 15) is 5.11 Å². The number of hydrogen-bond acceptors (Lipinski definition) is 4. The first-order valence-electron chi connectivity index (χ1n) is 7.81. The van der Waals surface area contributed by atoms with E-state index in [1.54, 1.807) is 0 Å². The van der Waals surface area contributed by atoms with Gasteiger partial charge in [-0.15, -0.1) is 0 Å². The Morgan fingerprint density at radius 3 is 2.53 bits per heavy atom. The van der Waals surface area contributed by atoms with Crippen LogP contribution in [0.2, 0.25) is 0 Å². The summed E-state index contributed by atoms with van der Waals surface area (Å²) in [5, 5.41) is 9.98. The van der Waals surface area contributed by atoms with E-state index < -0.39 is 0 Å². The molecular weight excluding hydrogens is 238 g/mol. The smallest absolute Gasteiger partial charge is 0.0682 e. The van der Waals surface area contributed by atoms with Gasteiger partial charge < -0.3 is 15.7 Å². The maximum Gasteiger partial charge on any atom is 0.0682 e. The van der Waals surface area contributed by atoms with Crippen LogP contribution >= 0.6 is 0 Å². The Bertz CT molecular complexity index is 277. The number of likely N-dealkylation sites (tertiary alicyclic amines) is 1. The molecule has 4 heteroatoms. The first-order valence-corrected chi connectivity index (χ1v) is 7.81. The number of aliphatic hydroxyl groups is 1. The summed E-state index contributed by atoms with van der Waals surface area (Å²) in [6, 6.07) is 0.496. The summed E-state index contributed by atoms with van der Waals surface area (Å²) in [6.45, 7) is 3.76. The molecular formula is C15H31N3O. The van der Waals surface area contributed by atoms with Gasteiger partial charge in [0.15, 0.2) is 0 Å². The Morgan fingerprint density at radius 2 is 1.95 bits per heavy atom. The summed E-state index contributed by atoms with van der Waals surface area (Å²) in [6.07, 6.45) is 7.32. The molecule has 112 valence electrons. The third kappa shape index (κ3) is 3.91. The molecule has 2 rings (SSSR count). The van der Waals surface area contributed by atoms with Gasteiger partial charge in [0.1, 0.15) is 0 Å². The van der Waals surface area contributed by atoms with E-state index in [0.29, 0.717) is 11.5 Å². The largest absolute Gasteiger partial charge is 0.392 e. The van der Waals surface area contributed by atoms with Gasteiger partial charge in [-0.2, -0.15) is 0 Å². The quantitative estimate of drug-likeness (QED) is 0.778. The van der Waals surface area contributed by atoms with E-state index >= 15 is 0 Å². The molecule has 1 saturated heterocycles. The Balaban J connectivity index is 1.98. The van der Waals surface area contributed by atoms with Gasteiger partial charge in [-0.3, -0.25) is 4.90 Å². The number of nitrogens with two attached hydrogens (primary N) is 1. The van der Waals surface area contributed by atoms with Crippen LogP contribution in [0.25, 0.3) is 0 Å². The molecule has 19 heavy (non-hydrogen) atoms. The first kappa shape index (κ1) is 15.2. The lowest BCUT2D eigenvalue weighted by atomic mass is 9.73. The summed E-state index contributed by atoms with van der Waals surface area (Å²) in [5.74, 6) is 0. The average molecular weight is 269 g/mol. The normalized spacial score (nSPS) is 32.1. The van der Waals surface area contributed by atoms with Crippen molar-refractivity contribution < 1.29 is 5.11 Å². The van der Waals surface area contributed by atoms with E-state index in [4.69, 9.17) is 5.73 Å². The molecule has 0 aromatic heterocycles. The number of likely N-dealkylation sites (N-methyl/N-ethyl adjacent to an activating group) is 1. The van der Waals surface area contributed by atoms with E-state index in [0.717, 1.165) is 32.6 Å². The van der Waals surface area contributed by atoms with Crippen molar-refractivity contribution in [2.24, 2.45) is 11.1 Å². The van der Waals surface area contributed by atoms with Gasteiger partial charge in [0, 0.05) is 25.7 Å². The molecule has 2 atom stereocenters. The standard InChI is InChI=1S/C15H31N3O/c1-17(2)9-13-8-14(19)10-18(13)12-15(11-16)6-4-3-5-7-15/h13-14,19H,3-12,16H2,1-2H3. The molecule has 3 N–H and O–H groups in total. The predicted octanol–water partition coefficient (Wildman–Crippen LogP) is 0.892. The summed E-state index contributed by atoms with van der Waals surface area (Å²) in [5.41, 5.74) is 6.41. The molecule has 1 saturated carbocycles. The highest BCUT2D eigenvalue weighted by Crippen LogP contribution is 2.37. The van der Waals surface area contributed by atoms with Crippen molar-refractivity contribution in [3.63, 3.8) is 0 Å². The Labute approximate surface area is 117 Å². The fraction of sp³-hybridized carbons (Fsp3) is 1.00. The van der Waals surface area contributed by atoms with Crippen LogP contribution < -0.4 is 5.73 Å². The van der Waals surface area contributed by atoms with Crippen molar-refractivity contribution in [3.05, 3.63) is 0 Å². The molecule has 0 aromatic rings. The average Bonchev–Trinajstić information content (AvgIpc) is 2.69. The van der Waals surface area contributed by atoms with Crippen LogP contribution in [0.3, 0.4) is 0 Å². The SMILES string of the molecule is CN(C)CC1CC(O)CN1CC1(CN)CCCCC1. The lowest BCUT2D eigenvalue weighted by Crippen LogP contribution is -2.47. The molecule has 2 fully saturated rings. The number of rotatable bonds is 5. The predicted molar refractivity (Wildman–Crippen MR) is 79.1 cm³/mol. The van der Waals surface area contributed by atoms with Crippen LogP contribution in [-0.2, 0) is 0 Å². The highest BCUT2D eigenvalue weighted by Gasteiger charge is 2.38. The first-order chi connectivity index (χ1) is 9.04. The minimum atomic E-state index is -0.150. The minimum absolute atomic E-state index is 0.150. The van der Waals surface area contributed by atoms with E-state index in [2.05, 4.69) is 23.9 Å². The molecule has 2 aliphatic rings. The van der Waals surface area contributed by atoms with Crippen LogP contribution in [-0.4, -0.2) is 67.3 Å². The number of hydrogen-bond donors (Lipinski definition) is 2. The van der Waals surface area contributed by atoms with Crippen LogP contribution in [0.4, 0.5) is 0 Å². The Morgan fingerprint density at radius 1 is 1.26 bits per heavy atom. The van der Waals surface area contributed by atoms with Gasteiger partial charge in [0.25, 0.3) is 0 Å². The van der Waals surface area contributed by atoms with Crippen molar-refractivity contribution >= 4 is 0 Å². The highest BCUT2D eigenvalue weighted by molar-refractivity contribution is 4.93. The molecule has 0 aromatic carbocycles. The molecule has 0 amide bonds. The molecule has 1 aliphatic carbocycles. The van der Waals surface area contributed by atoms with Gasteiger partial charge >= 0.3 is 0 Å². The molecule has 2 unspecified atom stereocenters. The lowest BCUT2D eigenvalue weighted by molar-refractivity contribution is 0.0878. The third-order valence-corrected chi connectivity index (χ3v) is 4.97. The van der Waals surface area contributed by atoms with Crippen molar-refractivity contribution in [1.29, 1.82) is 0 Å². The van der Waals surface area contributed by atoms with Gasteiger partial charge in [0.05, 0.1) is 6.10 Å². The zero-order chi connectivity index (χ0) is 13.9. The van der Waals surface area contributed by atoms with Crippen LogP contribution in [0.15, 0.2) is 0 Å². The van der Waals surface area contributed by atoms with Crippen LogP contribution in [0.1, 0.15) is 38.5 Å². The van der Waals surface area contributed by atoms with Crippen molar-refractivity contribution in [3.8, 4) is 0 Å². The second kappa shape index (κ2) is 6.53. The monoisotopic (exact) mass is 269 g/mol. The lowest BCUT2D eigenvalue weighted by Gasteiger charge is -2.41. The van der Waals surface area contributed by atoms with Crippen LogP contribution in [0, 0.1) is 5.41 Å². The number of nitrogens with zero attached hydrogens (tertiary/aromatic N) is 2. The fourth-order valence-corrected chi connectivity index (χ4v) is 3.92. The number of aliphatic hydroxyl groups excluding tert-OH is 1. The Kier molecular flexibility index (Phi) is 5.23. The maximum atomic E-state index is 9.98. The molecule has 1 heterocycles. The second-order valence-electron chi connectivity index (χ2n) is 7.00. The summed E-state index contributed by atoms with van der Waals surface area (Å²) in [4.78, 5) is 4.73. The van der Waals surface area contributed by atoms with Crippen molar-refractivity contribution in [2.75, 3.05) is 40.3 Å². The van der Waals surface area contributed by atoms with Crippen molar-refractivity contribution in [2.45, 2.75) is 50.7 Å². The molecule has 0 bridgehead atoms. The summed E-state index contributed by atoms with van der Waals surface area (Å²) in [7, 11) is 4.23. The summed E-state index contributed by atoms with van der Waals surface area (Å²) >= 11 is 0. The Hall–Kier alpha value is -0.160. The topological polar surface area (TPSA) is 52.7 Å².